The summed E-state index contributed by atoms with van der Waals surface area (Å²) in [5.74, 6) is -0.419. The van der Waals surface area contributed by atoms with Crippen LogP contribution >= 0.6 is 0 Å². The van der Waals surface area contributed by atoms with Gasteiger partial charge in [0.1, 0.15) is 6.54 Å². The molecule has 0 unspecified atom stereocenters. The SMILES string of the molecule is CCOC(=O)CN(C1CC1)S(=O)(=O)CC(C)(C)C. The lowest BCUT2D eigenvalue weighted by Gasteiger charge is -2.25. The van der Waals surface area contributed by atoms with E-state index in [0.717, 1.165) is 12.8 Å². The fraction of sp³-hybridized carbons (Fsp3) is 0.917. The molecule has 0 bridgehead atoms. The molecule has 0 radical (unpaired) electrons. The van der Waals surface area contributed by atoms with Gasteiger partial charge in [-0.05, 0) is 25.2 Å². The Bertz CT molecular complexity index is 393. The highest BCUT2D eigenvalue weighted by molar-refractivity contribution is 7.89. The van der Waals surface area contributed by atoms with E-state index < -0.39 is 16.0 Å². The van der Waals surface area contributed by atoms with Gasteiger partial charge in [-0.2, -0.15) is 4.31 Å². The van der Waals surface area contributed by atoms with E-state index in [2.05, 4.69) is 0 Å². The molecule has 0 spiro atoms. The molecule has 0 saturated heterocycles. The molecule has 5 nitrogen and oxygen atoms in total. The summed E-state index contributed by atoms with van der Waals surface area (Å²) in [5, 5.41) is 0. The van der Waals surface area contributed by atoms with E-state index in [1.807, 2.05) is 20.8 Å². The highest BCUT2D eigenvalue weighted by atomic mass is 32.2. The van der Waals surface area contributed by atoms with Gasteiger partial charge in [-0.15, -0.1) is 0 Å². The maximum absolute atomic E-state index is 12.3. The minimum atomic E-state index is -3.40. The summed E-state index contributed by atoms with van der Waals surface area (Å²) in [6.07, 6.45) is 1.67. The maximum Gasteiger partial charge on any atom is 0.321 e. The van der Waals surface area contributed by atoms with Crippen LogP contribution in [-0.4, -0.2) is 43.6 Å². The van der Waals surface area contributed by atoms with Gasteiger partial charge in [0.05, 0.1) is 12.4 Å². The first kappa shape index (κ1) is 15.4. The zero-order valence-electron chi connectivity index (χ0n) is 11.6. The Labute approximate surface area is 110 Å². The second-order valence-electron chi connectivity index (χ2n) is 5.90. The second-order valence-corrected chi connectivity index (χ2v) is 7.82. The molecular formula is C12H23NO4S. The molecule has 1 saturated carbocycles. The largest absolute Gasteiger partial charge is 0.465 e. The van der Waals surface area contributed by atoms with Crippen molar-refractivity contribution in [2.75, 3.05) is 18.9 Å². The van der Waals surface area contributed by atoms with E-state index in [9.17, 15) is 13.2 Å². The zero-order chi connectivity index (χ0) is 14.0. The van der Waals surface area contributed by atoms with Gasteiger partial charge in [0.15, 0.2) is 0 Å². The quantitative estimate of drug-likeness (QED) is 0.688. The normalized spacial score (nSPS) is 16.9. The minimum absolute atomic E-state index is 0.0123. The van der Waals surface area contributed by atoms with Gasteiger partial charge in [-0.3, -0.25) is 4.79 Å². The fourth-order valence-electron chi connectivity index (χ4n) is 1.78. The summed E-state index contributed by atoms with van der Waals surface area (Å²) in [5.41, 5.74) is -0.319. The van der Waals surface area contributed by atoms with Crippen molar-refractivity contribution in [2.45, 2.75) is 46.6 Å². The third kappa shape index (κ3) is 4.94. The molecule has 1 rings (SSSR count). The predicted octanol–water partition coefficient (Wildman–Crippen LogP) is 1.39. The first-order valence-corrected chi connectivity index (χ1v) is 7.92. The van der Waals surface area contributed by atoms with Gasteiger partial charge in [-0.1, -0.05) is 20.8 Å². The summed E-state index contributed by atoms with van der Waals surface area (Å²) in [6, 6.07) is -0.0123. The van der Waals surface area contributed by atoms with Crippen LogP contribution in [-0.2, 0) is 19.6 Å². The zero-order valence-corrected chi connectivity index (χ0v) is 12.4. The highest BCUT2D eigenvalue weighted by Gasteiger charge is 2.40. The van der Waals surface area contributed by atoms with Gasteiger partial charge in [0.2, 0.25) is 10.0 Å². The van der Waals surface area contributed by atoms with E-state index >= 15 is 0 Å². The molecular weight excluding hydrogens is 254 g/mol. The summed E-state index contributed by atoms with van der Waals surface area (Å²) >= 11 is 0. The van der Waals surface area contributed by atoms with E-state index in [-0.39, 0.29) is 30.4 Å². The van der Waals surface area contributed by atoms with E-state index in [0.29, 0.717) is 0 Å². The molecule has 0 aliphatic heterocycles. The molecule has 0 amide bonds. The van der Waals surface area contributed by atoms with E-state index in [1.165, 1.54) is 4.31 Å². The monoisotopic (exact) mass is 277 g/mol. The molecule has 18 heavy (non-hydrogen) atoms. The van der Waals surface area contributed by atoms with Crippen LogP contribution in [0, 0.1) is 5.41 Å². The highest BCUT2D eigenvalue weighted by Crippen LogP contribution is 2.31. The summed E-state index contributed by atoms with van der Waals surface area (Å²) in [7, 11) is -3.40. The van der Waals surface area contributed by atoms with Crippen molar-refractivity contribution in [3.05, 3.63) is 0 Å². The van der Waals surface area contributed by atoms with Gasteiger partial charge < -0.3 is 4.74 Å². The van der Waals surface area contributed by atoms with Gasteiger partial charge >= 0.3 is 5.97 Å². The number of hydrogen-bond acceptors (Lipinski definition) is 4. The van der Waals surface area contributed by atoms with Crippen molar-refractivity contribution in [1.29, 1.82) is 0 Å². The number of esters is 1. The van der Waals surface area contributed by atoms with Crippen molar-refractivity contribution in [2.24, 2.45) is 5.41 Å². The average molecular weight is 277 g/mol. The molecule has 1 aliphatic rings. The molecule has 106 valence electrons. The molecule has 6 heteroatoms. The number of hydrogen-bond donors (Lipinski definition) is 0. The van der Waals surface area contributed by atoms with Crippen LogP contribution in [0.15, 0.2) is 0 Å². The fourth-order valence-corrected chi connectivity index (χ4v) is 4.01. The Balaban J connectivity index is 2.75. The standard InChI is InChI=1S/C12H23NO4S/c1-5-17-11(14)8-13(10-6-7-10)18(15,16)9-12(2,3)4/h10H,5-9H2,1-4H3. The van der Waals surface area contributed by atoms with Gasteiger partial charge in [0, 0.05) is 6.04 Å². The Hall–Kier alpha value is -0.620. The maximum atomic E-state index is 12.3. The minimum Gasteiger partial charge on any atom is -0.465 e. The lowest BCUT2D eigenvalue weighted by atomic mass is 10.0. The third-order valence-corrected chi connectivity index (χ3v) is 4.89. The Kier molecular flexibility index (Phi) is 4.78. The Morgan fingerprint density at radius 2 is 1.89 bits per heavy atom. The lowest BCUT2D eigenvalue weighted by Crippen LogP contribution is -2.42. The first-order valence-electron chi connectivity index (χ1n) is 6.31. The van der Waals surface area contributed by atoms with Crippen molar-refractivity contribution >= 4 is 16.0 Å². The van der Waals surface area contributed by atoms with Gasteiger partial charge in [-0.25, -0.2) is 8.42 Å². The summed E-state index contributed by atoms with van der Waals surface area (Å²) in [4.78, 5) is 11.5. The second kappa shape index (κ2) is 5.57. The summed E-state index contributed by atoms with van der Waals surface area (Å²) < 4.78 is 30.7. The van der Waals surface area contributed by atoms with E-state index in [1.54, 1.807) is 6.92 Å². The topological polar surface area (TPSA) is 63.7 Å². The van der Waals surface area contributed by atoms with Crippen LogP contribution in [0.2, 0.25) is 0 Å². The number of carbonyl (C=O) groups excluding carboxylic acids is 1. The predicted molar refractivity (Wildman–Crippen MR) is 69.6 cm³/mol. The van der Waals surface area contributed by atoms with Crippen molar-refractivity contribution in [1.82, 2.24) is 4.31 Å². The van der Waals surface area contributed by atoms with Gasteiger partial charge in [0.25, 0.3) is 0 Å². The Morgan fingerprint density at radius 3 is 2.28 bits per heavy atom. The van der Waals surface area contributed by atoms with E-state index in [4.69, 9.17) is 4.74 Å². The third-order valence-electron chi connectivity index (χ3n) is 2.52. The molecule has 0 heterocycles. The van der Waals surface area contributed by atoms with Crippen LogP contribution in [0.3, 0.4) is 0 Å². The molecule has 0 aromatic carbocycles. The molecule has 1 fully saturated rings. The molecule has 1 aliphatic carbocycles. The molecule has 0 N–H and O–H groups in total. The average Bonchev–Trinajstić information content (AvgIpc) is 2.93. The first-order chi connectivity index (χ1) is 8.15. The Morgan fingerprint density at radius 1 is 1.33 bits per heavy atom. The van der Waals surface area contributed by atoms with Crippen LogP contribution in [0.25, 0.3) is 0 Å². The van der Waals surface area contributed by atoms with Crippen molar-refractivity contribution in [3.63, 3.8) is 0 Å². The number of sulfonamides is 1. The number of carbonyl (C=O) groups is 1. The van der Waals surface area contributed by atoms with Crippen LogP contribution in [0.4, 0.5) is 0 Å². The van der Waals surface area contributed by atoms with Crippen molar-refractivity contribution in [3.8, 4) is 0 Å². The summed E-state index contributed by atoms with van der Waals surface area (Å²) in [6.45, 7) is 7.45. The number of ether oxygens (including phenoxy) is 1. The van der Waals surface area contributed by atoms with Crippen LogP contribution in [0.1, 0.15) is 40.5 Å². The molecule has 0 atom stereocenters. The van der Waals surface area contributed by atoms with Crippen LogP contribution < -0.4 is 0 Å². The molecule has 0 aromatic rings. The van der Waals surface area contributed by atoms with Crippen LogP contribution in [0.5, 0.6) is 0 Å². The number of rotatable bonds is 6. The molecule has 0 aromatic heterocycles. The lowest BCUT2D eigenvalue weighted by molar-refractivity contribution is -0.143. The van der Waals surface area contributed by atoms with Crippen molar-refractivity contribution < 1.29 is 17.9 Å². The number of nitrogens with zero attached hydrogens (tertiary/aromatic N) is 1. The smallest absolute Gasteiger partial charge is 0.321 e.